The highest BCUT2D eigenvalue weighted by Gasteiger charge is 2.35. The average molecular weight is 675 g/mol. The van der Waals surface area contributed by atoms with Crippen LogP contribution in [0.4, 0.5) is 0 Å². The summed E-state index contributed by atoms with van der Waals surface area (Å²) in [4.78, 5) is 33.0. The molecular formula is C39H74N6O3. The van der Waals surface area contributed by atoms with Gasteiger partial charge in [0.15, 0.2) is 0 Å². The number of nitrogens with one attached hydrogen (secondary N) is 4. The van der Waals surface area contributed by atoms with Crippen molar-refractivity contribution < 1.29 is 14.4 Å². The number of carbonyl (C=O) groups excluding carboxylic acids is 2. The topological polar surface area (TPSA) is 121 Å². The maximum Gasteiger partial charge on any atom is 0.239 e. The Morgan fingerprint density at radius 2 is 1.58 bits per heavy atom. The maximum atomic E-state index is 13.3. The van der Waals surface area contributed by atoms with Crippen LogP contribution < -0.4 is 27.2 Å². The molecule has 1 rings (SSSR count). The molecule has 9 heteroatoms. The summed E-state index contributed by atoms with van der Waals surface area (Å²) in [6.45, 7) is 34.6. The molecule has 1 fully saturated rings. The first-order valence-corrected chi connectivity index (χ1v) is 18.9. The second-order valence-corrected chi connectivity index (χ2v) is 15.0. The second kappa shape index (κ2) is 23.0. The Balaban J connectivity index is 2.77. The Kier molecular flexibility index (Phi) is 20.8. The number of likely N-dealkylation sites (tertiary alicyclic amines) is 1. The highest BCUT2D eigenvalue weighted by Crippen LogP contribution is 2.35. The maximum absolute atomic E-state index is 13.3. The fraction of sp³-hybridized carbons (Fsp3) is 0.795. The Morgan fingerprint density at radius 1 is 0.896 bits per heavy atom. The third-order valence-electron chi connectivity index (χ3n) is 10.6. The summed E-state index contributed by atoms with van der Waals surface area (Å²) >= 11 is 0. The van der Waals surface area contributed by atoms with Crippen LogP contribution in [0.3, 0.4) is 0 Å². The number of hydrogen-bond donors (Lipinski definition) is 5. The molecule has 0 aliphatic carbocycles. The van der Waals surface area contributed by atoms with E-state index in [1.807, 2.05) is 13.8 Å². The molecule has 0 saturated carbocycles. The molecule has 2 amide bonds. The minimum absolute atomic E-state index is 0.0148. The van der Waals surface area contributed by atoms with Crippen molar-refractivity contribution in [3.8, 4) is 0 Å². The average Bonchev–Trinajstić information content (AvgIpc) is 3.54. The first kappa shape index (κ1) is 43.5. The van der Waals surface area contributed by atoms with Crippen LogP contribution >= 0.6 is 0 Å². The van der Waals surface area contributed by atoms with Gasteiger partial charge in [0.05, 0.1) is 19.2 Å². The van der Waals surface area contributed by atoms with Gasteiger partial charge >= 0.3 is 0 Å². The molecule has 278 valence electrons. The highest BCUT2D eigenvalue weighted by atomic mass is 16.6. The standard InChI is InChI=1S/C39H74N6O3/c1-13-19-29(7)42-33(11)31(9)32(10)35-20-18-22-45(35)30(8)24-28(6)39(27(5)14-2)44-37(47)25-41-34(12)38(26(3)4)43-36(46)21-16-15-17-23-48-40/h26-29,31-32,35,38-39,41-42H,8,11-25,40H2,1-7,9-10H3,(H,43,46)(H,44,47)/t27-,28+,29+,31+,32+,35-,38-,39-/m0/s1. The number of allylic oxidation sites excluding steroid dienone is 2. The van der Waals surface area contributed by atoms with E-state index in [0.717, 1.165) is 57.2 Å². The number of unbranched alkanes of at least 4 members (excludes halogenated alkanes) is 2. The molecule has 1 aliphatic heterocycles. The van der Waals surface area contributed by atoms with E-state index in [1.54, 1.807) is 0 Å². The molecule has 6 N–H and O–H groups in total. The minimum atomic E-state index is -0.267. The van der Waals surface area contributed by atoms with Crippen LogP contribution in [0, 0.1) is 29.6 Å². The first-order chi connectivity index (χ1) is 22.7. The molecule has 0 spiro atoms. The molecule has 0 bridgehead atoms. The van der Waals surface area contributed by atoms with Gasteiger partial charge in [0.2, 0.25) is 11.8 Å². The van der Waals surface area contributed by atoms with Crippen molar-refractivity contribution in [2.75, 3.05) is 19.7 Å². The number of rotatable bonds is 26. The number of nitrogens with zero attached hydrogens (tertiary/aromatic N) is 1. The molecule has 0 unspecified atom stereocenters. The summed E-state index contributed by atoms with van der Waals surface area (Å²) in [5.41, 5.74) is 2.95. The molecule has 9 nitrogen and oxygen atoms in total. The fourth-order valence-electron chi connectivity index (χ4n) is 7.14. The molecule has 0 aromatic rings. The summed E-state index contributed by atoms with van der Waals surface area (Å²) in [6, 6.07) is 0.624. The van der Waals surface area contributed by atoms with E-state index in [1.165, 1.54) is 18.5 Å². The monoisotopic (exact) mass is 675 g/mol. The first-order valence-electron chi connectivity index (χ1n) is 18.9. The van der Waals surface area contributed by atoms with Gasteiger partial charge in [-0.05, 0) is 75.0 Å². The number of hydrogen-bond acceptors (Lipinski definition) is 7. The van der Waals surface area contributed by atoms with E-state index in [9.17, 15) is 9.59 Å². The number of amides is 2. The number of carbonyl (C=O) groups is 2. The molecule has 0 aromatic heterocycles. The quantitative estimate of drug-likeness (QED) is 0.0507. The normalized spacial score (nSPS) is 19.1. The molecule has 0 aromatic carbocycles. The van der Waals surface area contributed by atoms with Crippen molar-refractivity contribution in [3.05, 3.63) is 36.8 Å². The van der Waals surface area contributed by atoms with Crippen LogP contribution in [0.25, 0.3) is 0 Å². The predicted octanol–water partition coefficient (Wildman–Crippen LogP) is 6.78. The van der Waals surface area contributed by atoms with Crippen LogP contribution in [-0.4, -0.2) is 60.6 Å². The molecule has 1 aliphatic rings. The molecular weight excluding hydrogens is 600 g/mol. The van der Waals surface area contributed by atoms with Gasteiger partial charge in [-0.3, -0.25) is 9.59 Å². The van der Waals surface area contributed by atoms with Crippen LogP contribution in [0.5, 0.6) is 0 Å². The van der Waals surface area contributed by atoms with E-state index < -0.39 is 0 Å². The van der Waals surface area contributed by atoms with Crippen LogP contribution in [0.1, 0.15) is 127 Å². The third-order valence-corrected chi connectivity index (χ3v) is 10.6. The predicted molar refractivity (Wildman–Crippen MR) is 202 cm³/mol. The zero-order valence-corrected chi connectivity index (χ0v) is 32.3. The Labute approximate surface area is 294 Å². The SMILES string of the molecule is C=C(NCC(=O)N[C@H]([C@H](C)CC(=C)N1CCC[C@H]1[C@H](C)[C@@H](C)C(=C)N[C@H](C)CCC)[C@@H](C)CC)[C@@H](NC(=O)CCCCCON)C(C)C. The fourth-order valence-corrected chi connectivity index (χ4v) is 7.14. The zero-order valence-electron chi connectivity index (χ0n) is 32.3. The van der Waals surface area contributed by atoms with Crippen molar-refractivity contribution in [1.82, 2.24) is 26.2 Å². The lowest BCUT2D eigenvalue weighted by molar-refractivity contribution is -0.122. The molecule has 1 heterocycles. The Bertz CT molecular complexity index is 1000. The van der Waals surface area contributed by atoms with Gasteiger partial charge in [-0.2, -0.15) is 0 Å². The van der Waals surface area contributed by atoms with E-state index in [0.29, 0.717) is 48.6 Å². The summed E-state index contributed by atoms with van der Waals surface area (Å²) in [6.07, 6.45) is 9.36. The van der Waals surface area contributed by atoms with Crippen LogP contribution in [0.15, 0.2) is 36.8 Å². The zero-order chi connectivity index (χ0) is 36.4. The second-order valence-electron chi connectivity index (χ2n) is 15.0. The van der Waals surface area contributed by atoms with Gasteiger partial charge in [0.25, 0.3) is 0 Å². The van der Waals surface area contributed by atoms with Gasteiger partial charge in [0, 0.05) is 48.2 Å². The van der Waals surface area contributed by atoms with E-state index >= 15 is 0 Å². The van der Waals surface area contributed by atoms with Crippen molar-refractivity contribution >= 4 is 11.8 Å². The van der Waals surface area contributed by atoms with Crippen molar-refractivity contribution in [1.29, 1.82) is 0 Å². The largest absolute Gasteiger partial charge is 0.386 e. The van der Waals surface area contributed by atoms with Crippen molar-refractivity contribution in [3.63, 3.8) is 0 Å². The Morgan fingerprint density at radius 3 is 2.19 bits per heavy atom. The van der Waals surface area contributed by atoms with Crippen molar-refractivity contribution in [2.45, 2.75) is 151 Å². The smallest absolute Gasteiger partial charge is 0.239 e. The Hall–Kier alpha value is -2.52. The highest BCUT2D eigenvalue weighted by molar-refractivity contribution is 5.79. The van der Waals surface area contributed by atoms with Crippen molar-refractivity contribution in [2.24, 2.45) is 35.5 Å². The van der Waals surface area contributed by atoms with Gasteiger partial charge in [-0.15, -0.1) is 0 Å². The van der Waals surface area contributed by atoms with Gasteiger partial charge < -0.3 is 31.0 Å². The minimum Gasteiger partial charge on any atom is -0.386 e. The molecule has 0 radical (unpaired) electrons. The van der Waals surface area contributed by atoms with Gasteiger partial charge in [0.1, 0.15) is 0 Å². The molecule has 48 heavy (non-hydrogen) atoms. The number of nitrogens with two attached hydrogens (primary N) is 1. The van der Waals surface area contributed by atoms with E-state index in [2.05, 4.69) is 99.2 Å². The van der Waals surface area contributed by atoms with E-state index in [-0.39, 0.29) is 42.3 Å². The summed E-state index contributed by atoms with van der Waals surface area (Å²) in [7, 11) is 0. The van der Waals surface area contributed by atoms with Gasteiger partial charge in [-0.1, -0.05) is 94.4 Å². The summed E-state index contributed by atoms with van der Waals surface area (Å²) in [5.74, 6) is 6.45. The van der Waals surface area contributed by atoms with Crippen LogP contribution in [0.2, 0.25) is 0 Å². The van der Waals surface area contributed by atoms with Gasteiger partial charge in [-0.25, -0.2) is 5.90 Å². The summed E-state index contributed by atoms with van der Waals surface area (Å²) < 4.78 is 0. The molecule has 1 saturated heterocycles. The molecule has 8 atom stereocenters. The third kappa shape index (κ3) is 14.9. The van der Waals surface area contributed by atoms with Crippen LogP contribution in [-0.2, 0) is 14.4 Å². The lowest BCUT2D eigenvalue weighted by atomic mass is 9.84. The lowest BCUT2D eigenvalue weighted by Crippen LogP contribution is -2.49. The van der Waals surface area contributed by atoms with E-state index in [4.69, 9.17) is 5.90 Å². The summed E-state index contributed by atoms with van der Waals surface area (Å²) in [5, 5.41) is 13.3. The lowest BCUT2D eigenvalue weighted by Gasteiger charge is -2.38.